The third-order valence-corrected chi connectivity index (χ3v) is 4.86. The fraction of sp³-hybridized carbons (Fsp3) is 0.524. The molecular weight excluding hydrogens is 368 g/mol. The summed E-state index contributed by atoms with van der Waals surface area (Å²) in [5.74, 6) is 1.72. The van der Waals surface area contributed by atoms with E-state index in [1.54, 1.807) is 0 Å². The number of ether oxygens (including phenoxy) is 1. The van der Waals surface area contributed by atoms with Gasteiger partial charge in [0.25, 0.3) is 0 Å². The highest BCUT2D eigenvalue weighted by molar-refractivity contribution is 5.69. The number of rotatable bonds is 11. The van der Waals surface area contributed by atoms with Crippen LogP contribution in [0.4, 0.5) is 17.6 Å². The van der Waals surface area contributed by atoms with Crippen molar-refractivity contribution in [3.05, 3.63) is 35.7 Å². The highest BCUT2D eigenvalue weighted by atomic mass is 16.5. The molecule has 3 rings (SSSR count). The maximum absolute atomic E-state index is 11.8. The average molecular weight is 399 g/mol. The Morgan fingerprint density at radius 3 is 2.76 bits per heavy atom. The summed E-state index contributed by atoms with van der Waals surface area (Å²) in [7, 11) is 0. The summed E-state index contributed by atoms with van der Waals surface area (Å²) in [4.78, 5) is 27.1. The van der Waals surface area contributed by atoms with Gasteiger partial charge >= 0.3 is 5.97 Å². The molecule has 0 amide bonds. The van der Waals surface area contributed by atoms with E-state index in [1.165, 1.54) is 18.4 Å². The SMILES string of the molecule is CCOC(=O)CCN(Cc1nc(N)nc(Nc2ccccc2CC)n1)CC1CC1. The zero-order valence-corrected chi connectivity index (χ0v) is 17.2. The van der Waals surface area contributed by atoms with Crippen LogP contribution in [0.1, 0.15) is 44.5 Å². The molecule has 2 aromatic rings. The first-order valence-corrected chi connectivity index (χ1v) is 10.3. The number of anilines is 3. The quantitative estimate of drug-likeness (QED) is 0.557. The molecule has 1 heterocycles. The summed E-state index contributed by atoms with van der Waals surface area (Å²) in [5, 5.41) is 3.26. The van der Waals surface area contributed by atoms with Gasteiger partial charge < -0.3 is 15.8 Å². The van der Waals surface area contributed by atoms with Crippen molar-refractivity contribution in [1.29, 1.82) is 0 Å². The lowest BCUT2D eigenvalue weighted by molar-refractivity contribution is -0.143. The maximum atomic E-state index is 11.8. The summed E-state index contributed by atoms with van der Waals surface area (Å²) in [5.41, 5.74) is 8.08. The minimum atomic E-state index is -0.179. The van der Waals surface area contributed by atoms with Crippen LogP contribution in [0.3, 0.4) is 0 Å². The molecule has 1 aromatic carbocycles. The molecule has 1 aliphatic carbocycles. The van der Waals surface area contributed by atoms with Gasteiger partial charge in [0.15, 0.2) is 0 Å². The van der Waals surface area contributed by atoms with Crippen LogP contribution in [0, 0.1) is 5.92 Å². The topological polar surface area (TPSA) is 106 Å². The Labute approximate surface area is 171 Å². The lowest BCUT2D eigenvalue weighted by atomic mass is 10.1. The first-order valence-electron chi connectivity index (χ1n) is 10.3. The Bertz CT molecular complexity index is 825. The maximum Gasteiger partial charge on any atom is 0.307 e. The van der Waals surface area contributed by atoms with Crippen LogP contribution < -0.4 is 11.1 Å². The first kappa shape index (κ1) is 21.0. The second kappa shape index (κ2) is 10.2. The van der Waals surface area contributed by atoms with Crippen molar-refractivity contribution in [1.82, 2.24) is 19.9 Å². The van der Waals surface area contributed by atoms with Crippen LogP contribution >= 0.6 is 0 Å². The van der Waals surface area contributed by atoms with Gasteiger partial charge in [-0.3, -0.25) is 9.69 Å². The molecule has 0 radical (unpaired) electrons. The number of nitrogens with zero attached hydrogens (tertiary/aromatic N) is 4. The van der Waals surface area contributed by atoms with Crippen molar-refractivity contribution in [3.63, 3.8) is 0 Å². The highest BCUT2D eigenvalue weighted by Crippen LogP contribution is 2.30. The molecule has 3 N–H and O–H groups in total. The van der Waals surface area contributed by atoms with E-state index >= 15 is 0 Å². The molecule has 8 nitrogen and oxygen atoms in total. The number of nitrogens with two attached hydrogens (primary N) is 1. The summed E-state index contributed by atoms with van der Waals surface area (Å²) in [6, 6.07) is 8.05. The highest BCUT2D eigenvalue weighted by Gasteiger charge is 2.25. The van der Waals surface area contributed by atoms with Gasteiger partial charge in [-0.2, -0.15) is 15.0 Å². The number of hydrogen-bond acceptors (Lipinski definition) is 8. The summed E-state index contributed by atoms with van der Waals surface area (Å²) in [6.07, 6.45) is 3.72. The molecule has 0 atom stereocenters. The Morgan fingerprint density at radius 2 is 2.03 bits per heavy atom. The molecule has 0 unspecified atom stereocenters. The normalized spacial score (nSPS) is 13.5. The van der Waals surface area contributed by atoms with Crippen molar-refractivity contribution in [2.45, 2.75) is 46.1 Å². The van der Waals surface area contributed by atoms with E-state index < -0.39 is 0 Å². The number of esters is 1. The first-order chi connectivity index (χ1) is 14.1. The third kappa shape index (κ3) is 6.67. The molecule has 156 valence electrons. The van der Waals surface area contributed by atoms with Crippen LogP contribution in [-0.2, 0) is 22.5 Å². The standard InChI is InChI=1S/C21H30N6O2/c1-3-16-7-5-6-8-17(16)23-21-25-18(24-20(22)26-21)14-27(13-15-9-10-15)12-11-19(28)29-4-2/h5-8,15H,3-4,9-14H2,1-2H3,(H3,22,23,24,25,26). The predicted octanol–water partition coefficient (Wildman–Crippen LogP) is 2.93. The molecule has 0 spiro atoms. The fourth-order valence-electron chi connectivity index (χ4n) is 3.22. The van der Waals surface area contributed by atoms with Crippen molar-refractivity contribution >= 4 is 23.6 Å². The molecule has 8 heteroatoms. The Hall–Kier alpha value is -2.74. The van der Waals surface area contributed by atoms with Crippen LogP contribution in [-0.4, -0.2) is 45.5 Å². The Balaban J connectivity index is 1.70. The molecule has 0 saturated heterocycles. The zero-order valence-electron chi connectivity index (χ0n) is 17.2. The van der Waals surface area contributed by atoms with E-state index in [0.717, 1.165) is 18.7 Å². The molecule has 1 aromatic heterocycles. The molecule has 0 bridgehead atoms. The molecule has 29 heavy (non-hydrogen) atoms. The summed E-state index contributed by atoms with van der Waals surface area (Å²) in [6.45, 7) is 6.38. The lowest BCUT2D eigenvalue weighted by Crippen LogP contribution is -2.29. The van der Waals surface area contributed by atoms with Gasteiger partial charge in [0, 0.05) is 18.8 Å². The van der Waals surface area contributed by atoms with E-state index in [2.05, 4.69) is 38.2 Å². The van der Waals surface area contributed by atoms with Gasteiger partial charge in [0.2, 0.25) is 11.9 Å². The second-order valence-electron chi connectivity index (χ2n) is 7.30. The number of nitrogens with one attached hydrogen (secondary N) is 1. The Morgan fingerprint density at radius 1 is 1.24 bits per heavy atom. The van der Waals surface area contributed by atoms with Crippen LogP contribution in [0.15, 0.2) is 24.3 Å². The molecule has 1 aliphatic rings. The van der Waals surface area contributed by atoms with Gasteiger partial charge in [0.05, 0.1) is 19.6 Å². The third-order valence-electron chi connectivity index (χ3n) is 4.86. The van der Waals surface area contributed by atoms with E-state index in [4.69, 9.17) is 10.5 Å². The number of para-hydroxylation sites is 1. The number of nitrogen functional groups attached to an aromatic ring is 1. The van der Waals surface area contributed by atoms with Crippen LogP contribution in [0.5, 0.6) is 0 Å². The second-order valence-corrected chi connectivity index (χ2v) is 7.30. The average Bonchev–Trinajstić information content (AvgIpc) is 3.50. The number of carbonyl (C=O) groups excluding carboxylic acids is 1. The predicted molar refractivity (Wildman–Crippen MR) is 113 cm³/mol. The van der Waals surface area contributed by atoms with Gasteiger partial charge in [0.1, 0.15) is 5.82 Å². The van der Waals surface area contributed by atoms with Gasteiger partial charge in [-0.05, 0) is 43.7 Å². The number of aromatic nitrogens is 3. The van der Waals surface area contributed by atoms with Crippen molar-refractivity contribution in [3.8, 4) is 0 Å². The van der Waals surface area contributed by atoms with Crippen LogP contribution in [0.25, 0.3) is 0 Å². The summed E-state index contributed by atoms with van der Waals surface area (Å²) < 4.78 is 5.05. The monoisotopic (exact) mass is 398 g/mol. The lowest BCUT2D eigenvalue weighted by Gasteiger charge is -2.21. The van der Waals surface area contributed by atoms with Crippen molar-refractivity contribution < 1.29 is 9.53 Å². The number of benzene rings is 1. The molecule has 1 fully saturated rings. The van der Waals surface area contributed by atoms with E-state index in [-0.39, 0.29) is 11.9 Å². The fourth-order valence-corrected chi connectivity index (χ4v) is 3.22. The summed E-state index contributed by atoms with van der Waals surface area (Å²) >= 11 is 0. The van der Waals surface area contributed by atoms with Gasteiger partial charge in [-0.1, -0.05) is 25.1 Å². The number of aryl methyl sites for hydroxylation is 1. The molecular formula is C21H30N6O2. The van der Waals surface area contributed by atoms with Gasteiger partial charge in [-0.25, -0.2) is 0 Å². The largest absolute Gasteiger partial charge is 0.466 e. The number of carbonyl (C=O) groups is 1. The van der Waals surface area contributed by atoms with E-state index in [9.17, 15) is 4.79 Å². The van der Waals surface area contributed by atoms with Crippen LogP contribution in [0.2, 0.25) is 0 Å². The van der Waals surface area contributed by atoms with E-state index in [1.807, 2.05) is 25.1 Å². The minimum Gasteiger partial charge on any atom is -0.466 e. The van der Waals surface area contributed by atoms with E-state index in [0.29, 0.717) is 43.8 Å². The molecule has 1 saturated carbocycles. The smallest absolute Gasteiger partial charge is 0.307 e. The zero-order chi connectivity index (χ0) is 20.6. The number of hydrogen-bond donors (Lipinski definition) is 2. The minimum absolute atomic E-state index is 0.179. The van der Waals surface area contributed by atoms with Crippen molar-refractivity contribution in [2.24, 2.45) is 5.92 Å². The molecule has 0 aliphatic heterocycles. The van der Waals surface area contributed by atoms with Gasteiger partial charge in [-0.15, -0.1) is 0 Å². The Kier molecular flexibility index (Phi) is 7.35. The van der Waals surface area contributed by atoms with Crippen molar-refractivity contribution in [2.75, 3.05) is 30.7 Å².